The summed E-state index contributed by atoms with van der Waals surface area (Å²) in [7, 11) is 0. The molecule has 0 aliphatic carbocycles. The largest absolute Gasteiger partial charge is 0.478 e. The molecule has 0 spiro atoms. The number of amides is 1. The van der Waals surface area contributed by atoms with Gasteiger partial charge >= 0.3 is 5.97 Å². The lowest BCUT2D eigenvalue weighted by molar-refractivity contribution is -0.122. The fraction of sp³-hybridized carbons (Fsp3) is 0.300. The van der Waals surface area contributed by atoms with Gasteiger partial charge in [-0.15, -0.1) is 0 Å². The number of carboxylic acids is 1. The van der Waals surface area contributed by atoms with E-state index in [0.717, 1.165) is 5.56 Å². The maximum atomic E-state index is 12.3. The maximum absolute atomic E-state index is 12.3. The van der Waals surface area contributed by atoms with Gasteiger partial charge in [0.05, 0.1) is 11.6 Å². The number of carbonyl (C=O) groups excluding carboxylic acids is 1. The summed E-state index contributed by atoms with van der Waals surface area (Å²) < 4.78 is 0. The zero-order valence-corrected chi connectivity index (χ0v) is 14.0. The number of hydrogen-bond donors (Lipinski definition) is 2. The Morgan fingerprint density at radius 3 is 2.25 bits per heavy atom. The van der Waals surface area contributed by atoms with Crippen molar-refractivity contribution in [3.8, 4) is 0 Å². The first kappa shape index (κ1) is 17.7. The Balaban J connectivity index is 2.01. The Hall–Kier alpha value is -2.62. The van der Waals surface area contributed by atoms with Crippen LogP contribution in [0.5, 0.6) is 0 Å². The average molecular weight is 325 g/mol. The Morgan fingerprint density at radius 2 is 1.62 bits per heavy atom. The second-order valence-corrected chi connectivity index (χ2v) is 6.16. The lowest BCUT2D eigenvalue weighted by atomic mass is 9.95. The second kappa shape index (κ2) is 8.29. The number of hydrogen-bond acceptors (Lipinski definition) is 2. The summed E-state index contributed by atoms with van der Waals surface area (Å²) >= 11 is 0. The van der Waals surface area contributed by atoms with Crippen LogP contribution in [0.2, 0.25) is 0 Å². The van der Waals surface area contributed by atoms with Crippen molar-refractivity contribution >= 4 is 11.9 Å². The highest BCUT2D eigenvalue weighted by atomic mass is 16.4. The van der Waals surface area contributed by atoms with Crippen LogP contribution in [0.4, 0.5) is 0 Å². The number of carboxylic acid groups (broad SMARTS) is 1. The molecular formula is C20H23NO3. The lowest BCUT2D eigenvalue weighted by Crippen LogP contribution is -2.31. The van der Waals surface area contributed by atoms with Gasteiger partial charge in [-0.05, 0) is 29.5 Å². The maximum Gasteiger partial charge on any atom is 0.335 e. The normalized spacial score (nSPS) is 12.0. The summed E-state index contributed by atoms with van der Waals surface area (Å²) in [5, 5.41) is 12.3. The van der Waals surface area contributed by atoms with Crippen LogP contribution < -0.4 is 5.32 Å². The predicted molar refractivity (Wildman–Crippen MR) is 93.9 cm³/mol. The zero-order chi connectivity index (χ0) is 17.5. The van der Waals surface area contributed by atoms with Crippen molar-refractivity contribution in [2.24, 2.45) is 5.92 Å². The van der Waals surface area contributed by atoms with E-state index in [1.165, 1.54) is 0 Å². The molecule has 1 amide bonds. The van der Waals surface area contributed by atoms with Crippen molar-refractivity contribution in [1.29, 1.82) is 0 Å². The SMILES string of the molecule is CC(C)C(NC(=O)CCc1ccccc1C(=O)O)c1ccccc1. The van der Waals surface area contributed by atoms with Gasteiger partial charge in [0.1, 0.15) is 0 Å². The number of nitrogens with one attached hydrogen (secondary N) is 1. The van der Waals surface area contributed by atoms with Gasteiger partial charge in [-0.2, -0.15) is 0 Å². The van der Waals surface area contributed by atoms with E-state index in [0.29, 0.717) is 12.0 Å². The van der Waals surface area contributed by atoms with Gasteiger partial charge in [0.2, 0.25) is 5.91 Å². The molecule has 4 nitrogen and oxygen atoms in total. The molecule has 0 fully saturated rings. The van der Waals surface area contributed by atoms with E-state index in [1.807, 2.05) is 30.3 Å². The van der Waals surface area contributed by atoms with Crippen LogP contribution in [0, 0.1) is 5.92 Å². The average Bonchev–Trinajstić information content (AvgIpc) is 2.58. The minimum absolute atomic E-state index is 0.0478. The van der Waals surface area contributed by atoms with Gasteiger partial charge < -0.3 is 10.4 Å². The summed E-state index contributed by atoms with van der Waals surface area (Å²) in [6.07, 6.45) is 0.675. The molecule has 24 heavy (non-hydrogen) atoms. The molecule has 1 atom stereocenters. The molecular weight excluding hydrogens is 302 g/mol. The highest BCUT2D eigenvalue weighted by molar-refractivity contribution is 5.89. The van der Waals surface area contributed by atoms with Gasteiger partial charge in [0.25, 0.3) is 0 Å². The fourth-order valence-electron chi connectivity index (χ4n) is 2.74. The number of carbonyl (C=O) groups is 2. The monoisotopic (exact) mass is 325 g/mol. The van der Waals surface area contributed by atoms with Gasteiger partial charge in [0, 0.05) is 6.42 Å². The van der Waals surface area contributed by atoms with E-state index in [-0.39, 0.29) is 29.9 Å². The quantitative estimate of drug-likeness (QED) is 0.813. The Labute approximate surface area is 142 Å². The summed E-state index contributed by atoms with van der Waals surface area (Å²) in [6, 6.07) is 16.6. The number of aryl methyl sites for hydroxylation is 1. The Kier molecular flexibility index (Phi) is 6.13. The Morgan fingerprint density at radius 1 is 1.00 bits per heavy atom. The molecule has 2 rings (SSSR count). The molecule has 0 bridgehead atoms. The Bertz CT molecular complexity index is 695. The third-order valence-electron chi connectivity index (χ3n) is 4.01. The second-order valence-electron chi connectivity index (χ2n) is 6.16. The summed E-state index contributed by atoms with van der Waals surface area (Å²) in [4.78, 5) is 23.5. The van der Waals surface area contributed by atoms with E-state index >= 15 is 0 Å². The molecule has 2 aromatic rings. The molecule has 2 aromatic carbocycles. The minimum Gasteiger partial charge on any atom is -0.478 e. The molecule has 4 heteroatoms. The van der Waals surface area contributed by atoms with Crippen LogP contribution in [0.1, 0.15) is 47.8 Å². The van der Waals surface area contributed by atoms with Crippen LogP contribution >= 0.6 is 0 Å². The van der Waals surface area contributed by atoms with Crippen molar-refractivity contribution < 1.29 is 14.7 Å². The summed E-state index contributed by atoms with van der Waals surface area (Å²) in [6.45, 7) is 4.13. The van der Waals surface area contributed by atoms with Crippen LogP contribution in [-0.4, -0.2) is 17.0 Å². The van der Waals surface area contributed by atoms with E-state index in [4.69, 9.17) is 0 Å². The van der Waals surface area contributed by atoms with Crippen LogP contribution in [-0.2, 0) is 11.2 Å². The molecule has 0 aliphatic heterocycles. The first-order valence-corrected chi connectivity index (χ1v) is 8.14. The first-order valence-electron chi connectivity index (χ1n) is 8.14. The van der Waals surface area contributed by atoms with Crippen molar-refractivity contribution in [3.63, 3.8) is 0 Å². The van der Waals surface area contributed by atoms with Crippen LogP contribution in [0.25, 0.3) is 0 Å². The molecule has 2 N–H and O–H groups in total. The number of rotatable bonds is 7. The van der Waals surface area contributed by atoms with Crippen molar-refractivity contribution in [3.05, 3.63) is 71.3 Å². The van der Waals surface area contributed by atoms with Crippen molar-refractivity contribution in [1.82, 2.24) is 5.32 Å². The smallest absolute Gasteiger partial charge is 0.335 e. The number of aromatic carboxylic acids is 1. The third-order valence-corrected chi connectivity index (χ3v) is 4.01. The molecule has 0 heterocycles. The molecule has 126 valence electrons. The summed E-state index contributed by atoms with van der Waals surface area (Å²) in [5.41, 5.74) is 2.02. The predicted octanol–water partition coefficient (Wildman–Crippen LogP) is 3.83. The van der Waals surface area contributed by atoms with Gasteiger partial charge in [-0.3, -0.25) is 4.79 Å². The minimum atomic E-state index is -0.963. The molecule has 0 aromatic heterocycles. The molecule has 1 unspecified atom stereocenters. The van der Waals surface area contributed by atoms with Gasteiger partial charge in [-0.25, -0.2) is 4.79 Å². The van der Waals surface area contributed by atoms with E-state index < -0.39 is 5.97 Å². The fourth-order valence-corrected chi connectivity index (χ4v) is 2.74. The molecule has 0 radical (unpaired) electrons. The lowest BCUT2D eigenvalue weighted by Gasteiger charge is -2.23. The molecule has 0 aliphatic rings. The zero-order valence-electron chi connectivity index (χ0n) is 14.0. The van der Waals surface area contributed by atoms with Crippen LogP contribution in [0.3, 0.4) is 0 Å². The molecule has 0 saturated carbocycles. The first-order chi connectivity index (χ1) is 11.5. The van der Waals surface area contributed by atoms with Gasteiger partial charge in [0.15, 0.2) is 0 Å². The standard InChI is InChI=1S/C20H23NO3/c1-14(2)19(16-9-4-3-5-10-16)21-18(22)13-12-15-8-6-7-11-17(15)20(23)24/h3-11,14,19H,12-13H2,1-2H3,(H,21,22)(H,23,24). The van der Waals surface area contributed by atoms with Crippen molar-refractivity contribution in [2.45, 2.75) is 32.7 Å². The highest BCUT2D eigenvalue weighted by Crippen LogP contribution is 2.21. The van der Waals surface area contributed by atoms with Crippen LogP contribution in [0.15, 0.2) is 54.6 Å². The summed E-state index contributed by atoms with van der Waals surface area (Å²) in [5.74, 6) is -0.768. The topological polar surface area (TPSA) is 66.4 Å². The number of benzene rings is 2. The highest BCUT2D eigenvalue weighted by Gasteiger charge is 2.18. The van der Waals surface area contributed by atoms with E-state index in [2.05, 4.69) is 19.2 Å². The van der Waals surface area contributed by atoms with Gasteiger partial charge in [-0.1, -0.05) is 62.4 Å². The van der Waals surface area contributed by atoms with E-state index in [9.17, 15) is 14.7 Å². The van der Waals surface area contributed by atoms with Crippen molar-refractivity contribution in [2.75, 3.05) is 0 Å². The van der Waals surface area contributed by atoms with E-state index in [1.54, 1.807) is 24.3 Å². The molecule has 0 saturated heterocycles. The third kappa shape index (κ3) is 4.69.